The van der Waals surface area contributed by atoms with Gasteiger partial charge in [0.25, 0.3) is 5.69 Å². The van der Waals surface area contributed by atoms with Crippen molar-refractivity contribution in [2.45, 2.75) is 12.8 Å². The van der Waals surface area contributed by atoms with Crippen molar-refractivity contribution in [2.24, 2.45) is 11.3 Å². The number of ether oxygens (including phenoxy) is 1. The Kier molecular flexibility index (Phi) is 1.64. The zero-order valence-corrected chi connectivity index (χ0v) is 8.38. The minimum atomic E-state index is -0.484. The molecular formula is C11H9NO4. The van der Waals surface area contributed by atoms with E-state index in [1.165, 1.54) is 24.3 Å². The van der Waals surface area contributed by atoms with Crippen molar-refractivity contribution in [3.63, 3.8) is 0 Å². The zero-order chi connectivity index (χ0) is 11.3. The number of nitro benzene ring substituents is 1. The van der Waals surface area contributed by atoms with E-state index >= 15 is 0 Å². The first-order valence-electron chi connectivity index (χ1n) is 5.08. The molecule has 0 unspecified atom stereocenters. The van der Waals surface area contributed by atoms with Gasteiger partial charge in [-0.15, -0.1) is 0 Å². The van der Waals surface area contributed by atoms with E-state index < -0.39 is 4.92 Å². The maximum atomic E-state index is 11.6. The summed E-state index contributed by atoms with van der Waals surface area (Å²) in [5.74, 6) is 0.729. The van der Waals surface area contributed by atoms with Crippen LogP contribution >= 0.6 is 0 Å². The molecule has 0 spiro atoms. The van der Waals surface area contributed by atoms with Crippen LogP contribution in [0.15, 0.2) is 24.3 Å². The number of esters is 1. The standard InChI is InChI=1S/C11H9NO4/c13-10(11-5-7(11)6-11)16-9-3-1-8(2-4-9)12(14)15/h1-4,7H,5-6H2. The maximum absolute atomic E-state index is 11.6. The molecule has 0 amide bonds. The van der Waals surface area contributed by atoms with E-state index in [1.807, 2.05) is 0 Å². The van der Waals surface area contributed by atoms with E-state index in [2.05, 4.69) is 0 Å². The van der Waals surface area contributed by atoms with E-state index in [1.54, 1.807) is 0 Å². The van der Waals surface area contributed by atoms with Crippen LogP contribution in [0.4, 0.5) is 5.69 Å². The average Bonchev–Trinajstić information content (AvgIpc) is 3.05. The number of fused-ring (bicyclic) bond motifs is 1. The first-order valence-corrected chi connectivity index (χ1v) is 5.08. The normalized spacial score (nSPS) is 29.1. The topological polar surface area (TPSA) is 69.4 Å². The van der Waals surface area contributed by atoms with Crippen LogP contribution in [0, 0.1) is 21.4 Å². The Morgan fingerprint density at radius 1 is 1.38 bits per heavy atom. The fourth-order valence-electron chi connectivity index (χ4n) is 1.88. The van der Waals surface area contributed by atoms with E-state index in [0.29, 0.717) is 11.7 Å². The van der Waals surface area contributed by atoms with Crippen molar-refractivity contribution in [3.8, 4) is 5.75 Å². The minimum absolute atomic E-state index is 0.00585. The fraction of sp³-hybridized carbons (Fsp3) is 0.364. The van der Waals surface area contributed by atoms with Gasteiger partial charge in [0.15, 0.2) is 0 Å². The molecule has 1 aromatic rings. The molecule has 0 saturated heterocycles. The van der Waals surface area contributed by atoms with Gasteiger partial charge in [-0.1, -0.05) is 0 Å². The van der Waals surface area contributed by atoms with Crippen LogP contribution in [0.5, 0.6) is 5.75 Å². The second-order valence-corrected chi connectivity index (χ2v) is 4.40. The summed E-state index contributed by atoms with van der Waals surface area (Å²) in [5, 5.41) is 10.4. The molecule has 2 aliphatic rings. The number of hydrogen-bond acceptors (Lipinski definition) is 4. The highest BCUT2D eigenvalue weighted by molar-refractivity contribution is 5.87. The lowest BCUT2D eigenvalue weighted by molar-refractivity contribution is -0.384. The number of carbonyl (C=O) groups is 1. The number of non-ortho nitro benzene ring substituents is 1. The Morgan fingerprint density at radius 2 is 1.94 bits per heavy atom. The minimum Gasteiger partial charge on any atom is -0.426 e. The number of hydrogen-bond donors (Lipinski definition) is 0. The van der Waals surface area contributed by atoms with Gasteiger partial charge in [0.2, 0.25) is 0 Å². The molecule has 0 bridgehead atoms. The number of carbonyl (C=O) groups excluding carboxylic acids is 1. The van der Waals surface area contributed by atoms with E-state index in [0.717, 1.165) is 12.8 Å². The third-order valence-electron chi connectivity index (χ3n) is 3.35. The Labute approximate surface area is 91.2 Å². The van der Waals surface area contributed by atoms with Crippen molar-refractivity contribution in [3.05, 3.63) is 34.4 Å². The summed E-state index contributed by atoms with van der Waals surface area (Å²) >= 11 is 0. The van der Waals surface area contributed by atoms with Gasteiger partial charge in [-0.2, -0.15) is 0 Å². The summed E-state index contributed by atoms with van der Waals surface area (Å²) in [6.45, 7) is 0. The van der Waals surface area contributed by atoms with Gasteiger partial charge in [0.1, 0.15) is 5.75 Å². The van der Waals surface area contributed by atoms with Crippen molar-refractivity contribution < 1.29 is 14.5 Å². The van der Waals surface area contributed by atoms with Crippen LogP contribution < -0.4 is 4.74 Å². The smallest absolute Gasteiger partial charge is 0.317 e. The predicted molar refractivity (Wildman–Crippen MR) is 53.9 cm³/mol. The first kappa shape index (κ1) is 9.33. The fourth-order valence-corrected chi connectivity index (χ4v) is 1.88. The van der Waals surface area contributed by atoms with Crippen LogP contribution in [0.25, 0.3) is 0 Å². The van der Waals surface area contributed by atoms with Gasteiger partial charge in [-0.05, 0) is 30.9 Å². The second-order valence-electron chi connectivity index (χ2n) is 4.40. The molecular weight excluding hydrogens is 210 g/mol. The van der Waals surface area contributed by atoms with Crippen molar-refractivity contribution in [2.75, 3.05) is 0 Å². The van der Waals surface area contributed by atoms with Crippen LogP contribution in [0.1, 0.15) is 12.8 Å². The van der Waals surface area contributed by atoms with Gasteiger partial charge in [0, 0.05) is 12.1 Å². The lowest BCUT2D eigenvalue weighted by atomic mass is 10.2. The summed E-state index contributed by atoms with van der Waals surface area (Å²) in [6, 6.07) is 5.56. The highest BCUT2D eigenvalue weighted by atomic mass is 16.6. The summed E-state index contributed by atoms with van der Waals surface area (Å²) in [4.78, 5) is 21.5. The van der Waals surface area contributed by atoms with E-state index in [4.69, 9.17) is 4.74 Å². The molecule has 82 valence electrons. The Bertz CT molecular complexity index is 473. The van der Waals surface area contributed by atoms with E-state index in [-0.39, 0.29) is 17.1 Å². The van der Waals surface area contributed by atoms with Crippen LogP contribution in [-0.4, -0.2) is 10.9 Å². The van der Waals surface area contributed by atoms with Gasteiger partial charge in [-0.3, -0.25) is 14.9 Å². The van der Waals surface area contributed by atoms with Crippen LogP contribution in [-0.2, 0) is 4.79 Å². The third kappa shape index (κ3) is 1.28. The molecule has 0 radical (unpaired) electrons. The molecule has 0 atom stereocenters. The Hall–Kier alpha value is -1.91. The molecule has 5 nitrogen and oxygen atoms in total. The number of benzene rings is 1. The van der Waals surface area contributed by atoms with Gasteiger partial charge in [-0.25, -0.2) is 0 Å². The summed E-state index contributed by atoms with van der Waals surface area (Å²) in [5.41, 5.74) is -0.185. The van der Waals surface area contributed by atoms with Gasteiger partial charge >= 0.3 is 5.97 Å². The maximum Gasteiger partial charge on any atom is 0.317 e. The average molecular weight is 219 g/mol. The molecule has 0 aromatic heterocycles. The molecule has 2 fully saturated rings. The van der Waals surface area contributed by atoms with Gasteiger partial charge in [0.05, 0.1) is 10.3 Å². The summed E-state index contributed by atoms with van der Waals surface area (Å²) in [7, 11) is 0. The lowest BCUT2D eigenvalue weighted by Gasteiger charge is -2.05. The number of nitro groups is 1. The largest absolute Gasteiger partial charge is 0.426 e. The molecule has 0 aliphatic heterocycles. The van der Waals surface area contributed by atoms with Crippen molar-refractivity contribution in [1.82, 2.24) is 0 Å². The second kappa shape index (κ2) is 2.81. The highest BCUT2D eigenvalue weighted by Crippen LogP contribution is 2.75. The number of rotatable bonds is 3. The Balaban J connectivity index is 1.70. The molecule has 2 saturated carbocycles. The summed E-state index contributed by atoms with van der Waals surface area (Å²) < 4.78 is 5.16. The quantitative estimate of drug-likeness (QED) is 0.337. The Morgan fingerprint density at radius 3 is 2.38 bits per heavy atom. The van der Waals surface area contributed by atoms with Crippen molar-refractivity contribution >= 4 is 11.7 Å². The first-order chi connectivity index (χ1) is 7.62. The molecule has 2 aliphatic carbocycles. The SMILES string of the molecule is O=C(Oc1ccc([N+](=O)[O-])cc1)C12CC1C2. The van der Waals surface area contributed by atoms with E-state index in [9.17, 15) is 14.9 Å². The summed E-state index contributed by atoms with van der Waals surface area (Å²) in [6.07, 6.45) is 1.89. The zero-order valence-electron chi connectivity index (χ0n) is 8.38. The molecule has 1 aromatic carbocycles. The molecule has 0 N–H and O–H groups in total. The molecule has 3 rings (SSSR count). The monoisotopic (exact) mass is 219 g/mol. The van der Waals surface area contributed by atoms with Crippen LogP contribution in [0.2, 0.25) is 0 Å². The lowest BCUT2D eigenvalue weighted by Crippen LogP contribution is -2.14. The van der Waals surface area contributed by atoms with Crippen molar-refractivity contribution in [1.29, 1.82) is 0 Å². The molecule has 5 heteroatoms. The molecule has 0 heterocycles. The molecule has 16 heavy (non-hydrogen) atoms. The highest BCUT2D eigenvalue weighted by Gasteiger charge is 2.75. The third-order valence-corrected chi connectivity index (χ3v) is 3.35. The number of nitrogens with zero attached hydrogens (tertiary/aromatic N) is 1. The predicted octanol–water partition coefficient (Wildman–Crippen LogP) is 1.91. The van der Waals surface area contributed by atoms with Gasteiger partial charge < -0.3 is 4.74 Å². The van der Waals surface area contributed by atoms with Crippen LogP contribution in [0.3, 0.4) is 0 Å².